The highest BCUT2D eigenvalue weighted by atomic mass is 79.9. The van der Waals surface area contributed by atoms with Crippen LogP contribution in [0, 0.1) is 11.7 Å². The second-order valence-corrected chi connectivity index (χ2v) is 6.10. The fourth-order valence-corrected chi connectivity index (χ4v) is 1.78. The summed E-state index contributed by atoms with van der Waals surface area (Å²) in [6, 6.07) is 3.89. The van der Waals surface area contributed by atoms with E-state index in [1.54, 1.807) is 20.8 Å². The van der Waals surface area contributed by atoms with Gasteiger partial charge in [-0.25, -0.2) is 4.39 Å². The van der Waals surface area contributed by atoms with Crippen molar-refractivity contribution in [3.05, 3.63) is 34.1 Å². The molecule has 0 aromatic heterocycles. The predicted molar refractivity (Wildman–Crippen MR) is 73.4 cm³/mol. The molecule has 0 spiro atoms. The first-order valence-corrected chi connectivity index (χ1v) is 6.63. The predicted octanol–water partition coefficient (Wildman–Crippen LogP) is 3.75. The van der Waals surface area contributed by atoms with Crippen LogP contribution in [0.3, 0.4) is 0 Å². The Labute approximate surface area is 120 Å². The van der Waals surface area contributed by atoms with E-state index in [4.69, 9.17) is 4.74 Å². The van der Waals surface area contributed by atoms with Crippen LogP contribution in [0.4, 0.5) is 4.39 Å². The minimum absolute atomic E-state index is 0.190. The highest BCUT2D eigenvalue weighted by molar-refractivity contribution is 9.10. The topological polar surface area (TPSA) is 43.4 Å². The summed E-state index contributed by atoms with van der Waals surface area (Å²) in [5.74, 6) is -2.36. The van der Waals surface area contributed by atoms with E-state index in [1.165, 1.54) is 25.1 Å². The zero-order valence-electron chi connectivity index (χ0n) is 11.3. The summed E-state index contributed by atoms with van der Waals surface area (Å²) in [5.41, 5.74) is -0.374. The largest absolute Gasteiger partial charge is 0.459 e. The molecule has 0 saturated heterocycles. The summed E-state index contributed by atoms with van der Waals surface area (Å²) in [7, 11) is 0. The number of halogens is 2. The SMILES string of the molecule is CC(C(=O)OC(C)(C)C)C(=O)c1ccc(F)c(Br)c1. The van der Waals surface area contributed by atoms with Gasteiger partial charge in [-0.15, -0.1) is 0 Å². The number of ether oxygens (including phenoxy) is 1. The van der Waals surface area contributed by atoms with E-state index >= 15 is 0 Å². The zero-order chi connectivity index (χ0) is 14.8. The van der Waals surface area contributed by atoms with E-state index < -0.39 is 29.1 Å². The number of rotatable bonds is 3. The molecule has 0 saturated carbocycles. The molecule has 104 valence electrons. The molecular formula is C14H16BrFO3. The van der Waals surface area contributed by atoms with Gasteiger partial charge in [-0.1, -0.05) is 0 Å². The standard InChI is InChI=1S/C14H16BrFO3/c1-8(13(18)19-14(2,3)4)12(17)9-5-6-11(16)10(15)7-9/h5-8H,1-4H3. The highest BCUT2D eigenvalue weighted by Gasteiger charge is 2.28. The number of ketones is 1. The lowest BCUT2D eigenvalue weighted by atomic mass is 9.99. The summed E-state index contributed by atoms with van der Waals surface area (Å²) in [6.07, 6.45) is 0. The van der Waals surface area contributed by atoms with Gasteiger partial charge in [-0.3, -0.25) is 9.59 Å². The molecule has 1 rings (SSSR count). The van der Waals surface area contributed by atoms with E-state index in [0.717, 1.165) is 0 Å². The molecule has 0 aliphatic rings. The Balaban J connectivity index is 2.87. The molecule has 0 heterocycles. The van der Waals surface area contributed by atoms with Crippen LogP contribution in [-0.4, -0.2) is 17.4 Å². The van der Waals surface area contributed by atoms with Crippen LogP contribution in [0.5, 0.6) is 0 Å². The van der Waals surface area contributed by atoms with Crippen molar-refractivity contribution in [2.24, 2.45) is 5.92 Å². The maximum absolute atomic E-state index is 13.1. The Hall–Kier alpha value is -1.23. The molecule has 0 fully saturated rings. The molecule has 0 amide bonds. The average molecular weight is 331 g/mol. The zero-order valence-corrected chi connectivity index (χ0v) is 12.9. The Morgan fingerprint density at radius 3 is 2.37 bits per heavy atom. The van der Waals surface area contributed by atoms with Gasteiger partial charge in [0.15, 0.2) is 5.78 Å². The molecule has 0 aliphatic heterocycles. The second kappa shape index (κ2) is 5.82. The summed E-state index contributed by atoms with van der Waals surface area (Å²) in [4.78, 5) is 23.9. The molecule has 0 aliphatic carbocycles. The lowest BCUT2D eigenvalue weighted by Gasteiger charge is -2.21. The van der Waals surface area contributed by atoms with Gasteiger partial charge < -0.3 is 4.74 Å². The summed E-state index contributed by atoms with van der Waals surface area (Å²) in [5, 5.41) is 0. The van der Waals surface area contributed by atoms with Crippen LogP contribution in [0.25, 0.3) is 0 Å². The maximum Gasteiger partial charge on any atom is 0.317 e. The van der Waals surface area contributed by atoms with Crippen LogP contribution < -0.4 is 0 Å². The first kappa shape index (κ1) is 15.8. The van der Waals surface area contributed by atoms with E-state index in [2.05, 4.69) is 15.9 Å². The number of hydrogen-bond donors (Lipinski definition) is 0. The lowest BCUT2D eigenvalue weighted by Crippen LogP contribution is -2.31. The van der Waals surface area contributed by atoms with Crippen molar-refractivity contribution in [3.8, 4) is 0 Å². The number of benzene rings is 1. The minimum Gasteiger partial charge on any atom is -0.459 e. The van der Waals surface area contributed by atoms with Crippen molar-refractivity contribution in [1.29, 1.82) is 0 Å². The van der Waals surface area contributed by atoms with Gasteiger partial charge in [0.1, 0.15) is 17.3 Å². The first-order chi connectivity index (χ1) is 8.61. The molecule has 0 radical (unpaired) electrons. The van der Waals surface area contributed by atoms with Crippen molar-refractivity contribution < 1.29 is 18.7 Å². The number of carbonyl (C=O) groups excluding carboxylic acids is 2. The number of Topliss-reactive ketones (excluding diaryl/α,β-unsaturated/α-hetero) is 1. The quantitative estimate of drug-likeness (QED) is 0.481. The van der Waals surface area contributed by atoms with E-state index in [-0.39, 0.29) is 10.0 Å². The van der Waals surface area contributed by atoms with Crippen molar-refractivity contribution in [1.82, 2.24) is 0 Å². The van der Waals surface area contributed by atoms with Crippen molar-refractivity contribution >= 4 is 27.7 Å². The maximum atomic E-state index is 13.1. The third kappa shape index (κ3) is 4.42. The molecule has 1 aromatic carbocycles. The number of esters is 1. The van der Waals surface area contributed by atoms with Gasteiger partial charge in [0.2, 0.25) is 0 Å². The van der Waals surface area contributed by atoms with E-state index in [9.17, 15) is 14.0 Å². The van der Waals surface area contributed by atoms with Crippen molar-refractivity contribution in [2.45, 2.75) is 33.3 Å². The molecule has 0 N–H and O–H groups in total. The Bertz CT molecular complexity index is 506. The van der Waals surface area contributed by atoms with E-state index in [1.807, 2.05) is 0 Å². The smallest absolute Gasteiger partial charge is 0.317 e. The Kier molecular flexibility index (Phi) is 4.85. The van der Waals surface area contributed by atoms with Crippen LogP contribution in [-0.2, 0) is 9.53 Å². The van der Waals surface area contributed by atoms with Crippen molar-refractivity contribution in [3.63, 3.8) is 0 Å². The fourth-order valence-electron chi connectivity index (χ4n) is 1.40. The normalized spacial score (nSPS) is 12.9. The molecule has 5 heteroatoms. The van der Waals surface area contributed by atoms with Crippen LogP contribution in [0.2, 0.25) is 0 Å². The monoisotopic (exact) mass is 330 g/mol. The summed E-state index contributed by atoms with van der Waals surface area (Å²) in [6.45, 7) is 6.68. The third-order valence-corrected chi connectivity index (χ3v) is 2.97. The van der Waals surface area contributed by atoms with Gasteiger partial charge in [0.25, 0.3) is 0 Å². The van der Waals surface area contributed by atoms with Crippen LogP contribution in [0.1, 0.15) is 38.1 Å². The van der Waals surface area contributed by atoms with Crippen LogP contribution >= 0.6 is 15.9 Å². The van der Waals surface area contributed by atoms with Gasteiger partial charge in [-0.05, 0) is 61.8 Å². The molecule has 0 bridgehead atoms. The molecule has 1 aromatic rings. The lowest BCUT2D eigenvalue weighted by molar-refractivity contribution is -0.157. The van der Waals surface area contributed by atoms with Gasteiger partial charge in [0, 0.05) is 5.56 Å². The Morgan fingerprint density at radius 2 is 1.89 bits per heavy atom. The second-order valence-electron chi connectivity index (χ2n) is 5.25. The first-order valence-electron chi connectivity index (χ1n) is 5.84. The van der Waals surface area contributed by atoms with E-state index in [0.29, 0.717) is 0 Å². The Morgan fingerprint density at radius 1 is 1.32 bits per heavy atom. The van der Waals surface area contributed by atoms with Gasteiger partial charge >= 0.3 is 5.97 Å². The molecule has 19 heavy (non-hydrogen) atoms. The van der Waals surface area contributed by atoms with Crippen LogP contribution in [0.15, 0.2) is 22.7 Å². The average Bonchev–Trinajstić information content (AvgIpc) is 2.28. The molecule has 1 atom stereocenters. The van der Waals surface area contributed by atoms with Gasteiger partial charge in [0.05, 0.1) is 4.47 Å². The summed E-state index contributed by atoms with van der Waals surface area (Å²) < 4.78 is 18.4. The molecule has 3 nitrogen and oxygen atoms in total. The summed E-state index contributed by atoms with van der Waals surface area (Å²) >= 11 is 3.01. The molecule has 1 unspecified atom stereocenters. The minimum atomic E-state index is -0.920. The molecular weight excluding hydrogens is 315 g/mol. The highest BCUT2D eigenvalue weighted by Crippen LogP contribution is 2.20. The van der Waals surface area contributed by atoms with Crippen molar-refractivity contribution in [2.75, 3.05) is 0 Å². The third-order valence-electron chi connectivity index (χ3n) is 2.36. The fraction of sp³-hybridized carbons (Fsp3) is 0.429. The number of hydrogen-bond acceptors (Lipinski definition) is 3. The number of carbonyl (C=O) groups is 2. The van der Waals surface area contributed by atoms with Gasteiger partial charge in [-0.2, -0.15) is 0 Å².